The van der Waals surface area contributed by atoms with Crippen molar-refractivity contribution in [2.45, 2.75) is 13.3 Å². The maximum Gasteiger partial charge on any atom is 0.177 e. The molecule has 0 saturated heterocycles. The van der Waals surface area contributed by atoms with Crippen LogP contribution in [0, 0.1) is 0 Å². The summed E-state index contributed by atoms with van der Waals surface area (Å²) in [5.41, 5.74) is 6.56. The predicted molar refractivity (Wildman–Crippen MR) is 51.9 cm³/mol. The van der Waals surface area contributed by atoms with Crippen molar-refractivity contribution in [1.82, 2.24) is 24.8 Å². The van der Waals surface area contributed by atoms with Crippen LogP contribution in [0.5, 0.6) is 0 Å². The summed E-state index contributed by atoms with van der Waals surface area (Å²) in [6.45, 7) is 2.01. The molecule has 2 aromatic rings. The van der Waals surface area contributed by atoms with Crippen molar-refractivity contribution in [3.63, 3.8) is 0 Å². The summed E-state index contributed by atoms with van der Waals surface area (Å²) in [6.07, 6.45) is 2.64. The highest BCUT2D eigenvalue weighted by atomic mass is 15.5. The summed E-state index contributed by atoms with van der Waals surface area (Å²) in [5, 5.41) is 12.0. The van der Waals surface area contributed by atoms with Crippen LogP contribution in [0.2, 0.25) is 0 Å². The van der Waals surface area contributed by atoms with Crippen molar-refractivity contribution in [2.24, 2.45) is 7.05 Å². The van der Waals surface area contributed by atoms with Gasteiger partial charge in [-0.1, -0.05) is 12.1 Å². The quantitative estimate of drug-likeness (QED) is 0.734. The first-order valence-corrected chi connectivity index (χ1v) is 4.42. The molecule has 0 spiro atoms. The zero-order valence-electron chi connectivity index (χ0n) is 8.18. The molecule has 6 nitrogen and oxygen atoms in total. The Morgan fingerprint density at radius 1 is 1.50 bits per heavy atom. The van der Waals surface area contributed by atoms with E-state index < -0.39 is 0 Å². The van der Waals surface area contributed by atoms with Crippen LogP contribution in [0.15, 0.2) is 12.3 Å². The fourth-order valence-corrected chi connectivity index (χ4v) is 1.34. The van der Waals surface area contributed by atoms with E-state index in [1.165, 1.54) is 0 Å². The van der Waals surface area contributed by atoms with Crippen molar-refractivity contribution >= 4 is 5.82 Å². The molecule has 6 heteroatoms. The van der Waals surface area contributed by atoms with Gasteiger partial charge in [0.1, 0.15) is 0 Å². The van der Waals surface area contributed by atoms with Crippen molar-refractivity contribution < 1.29 is 0 Å². The van der Waals surface area contributed by atoms with Gasteiger partial charge in [0.05, 0.1) is 5.69 Å². The van der Waals surface area contributed by atoms with Gasteiger partial charge in [-0.05, 0) is 6.42 Å². The van der Waals surface area contributed by atoms with E-state index in [0.717, 1.165) is 17.9 Å². The number of hydrogen-bond acceptors (Lipinski definition) is 4. The van der Waals surface area contributed by atoms with Gasteiger partial charge in [0.2, 0.25) is 0 Å². The van der Waals surface area contributed by atoms with E-state index in [0.29, 0.717) is 5.82 Å². The van der Waals surface area contributed by atoms with Gasteiger partial charge >= 0.3 is 0 Å². The Balaban J connectivity index is 2.51. The Morgan fingerprint density at radius 3 is 2.86 bits per heavy atom. The maximum atomic E-state index is 5.67. The fourth-order valence-electron chi connectivity index (χ4n) is 1.34. The molecule has 14 heavy (non-hydrogen) atoms. The van der Waals surface area contributed by atoms with Gasteiger partial charge in [-0.3, -0.25) is 4.68 Å². The average Bonchev–Trinajstić information content (AvgIpc) is 2.71. The van der Waals surface area contributed by atoms with Gasteiger partial charge in [-0.15, -0.1) is 5.10 Å². The van der Waals surface area contributed by atoms with E-state index in [9.17, 15) is 0 Å². The molecule has 2 aromatic heterocycles. The second-order valence-corrected chi connectivity index (χ2v) is 3.03. The van der Waals surface area contributed by atoms with Crippen molar-refractivity contribution in [3.05, 3.63) is 18.0 Å². The van der Waals surface area contributed by atoms with Crippen LogP contribution in [-0.2, 0) is 13.5 Å². The third kappa shape index (κ3) is 1.24. The minimum Gasteiger partial charge on any atom is -0.381 e. The third-order valence-corrected chi connectivity index (χ3v) is 2.04. The summed E-state index contributed by atoms with van der Waals surface area (Å²) in [5.74, 6) is 1.21. The van der Waals surface area contributed by atoms with E-state index in [1.54, 1.807) is 9.36 Å². The van der Waals surface area contributed by atoms with Gasteiger partial charge < -0.3 is 5.73 Å². The van der Waals surface area contributed by atoms with Crippen molar-refractivity contribution in [2.75, 3.05) is 5.73 Å². The van der Waals surface area contributed by atoms with Crippen LogP contribution in [0.4, 0.5) is 5.82 Å². The van der Waals surface area contributed by atoms with Crippen molar-refractivity contribution in [1.29, 1.82) is 0 Å². The molecule has 0 unspecified atom stereocenters. The molecule has 0 radical (unpaired) electrons. The maximum absolute atomic E-state index is 5.67. The molecule has 0 fully saturated rings. The van der Waals surface area contributed by atoms with E-state index in [2.05, 4.69) is 15.4 Å². The molecular formula is C8H12N6. The number of anilines is 1. The summed E-state index contributed by atoms with van der Waals surface area (Å²) >= 11 is 0. The van der Waals surface area contributed by atoms with Crippen molar-refractivity contribution in [3.8, 4) is 5.82 Å². The molecule has 0 aromatic carbocycles. The number of nitrogen functional groups attached to an aromatic ring is 1. The van der Waals surface area contributed by atoms with Crippen LogP contribution in [0.25, 0.3) is 5.82 Å². The topological polar surface area (TPSA) is 74.5 Å². The molecule has 0 atom stereocenters. The van der Waals surface area contributed by atoms with Crippen LogP contribution < -0.4 is 5.73 Å². The Labute approximate surface area is 81.3 Å². The molecule has 0 saturated carbocycles. The number of rotatable bonds is 2. The molecule has 0 aliphatic carbocycles. The van der Waals surface area contributed by atoms with Gasteiger partial charge in [0.25, 0.3) is 0 Å². The molecule has 0 amide bonds. The Morgan fingerprint density at radius 2 is 2.29 bits per heavy atom. The van der Waals surface area contributed by atoms with E-state index in [1.807, 2.05) is 26.2 Å². The zero-order chi connectivity index (χ0) is 10.1. The van der Waals surface area contributed by atoms with Crippen LogP contribution in [0.1, 0.15) is 12.6 Å². The minimum atomic E-state index is 0.471. The monoisotopic (exact) mass is 192 g/mol. The molecule has 2 N–H and O–H groups in total. The number of nitrogens with two attached hydrogens (primary N) is 1. The summed E-state index contributed by atoms with van der Waals surface area (Å²) in [6, 6.07) is 1.87. The highest BCUT2D eigenvalue weighted by Crippen LogP contribution is 2.12. The van der Waals surface area contributed by atoms with Crippen LogP contribution >= 0.6 is 0 Å². The molecule has 0 aliphatic rings. The second kappa shape index (κ2) is 3.13. The van der Waals surface area contributed by atoms with Crippen LogP contribution in [0.3, 0.4) is 0 Å². The first kappa shape index (κ1) is 8.74. The Kier molecular flexibility index (Phi) is 1.95. The lowest BCUT2D eigenvalue weighted by Gasteiger charge is -1.99. The lowest BCUT2D eigenvalue weighted by molar-refractivity contribution is 0.699. The van der Waals surface area contributed by atoms with Gasteiger partial charge in [-0.2, -0.15) is 9.78 Å². The second-order valence-electron chi connectivity index (χ2n) is 3.03. The summed E-state index contributed by atoms with van der Waals surface area (Å²) in [4.78, 5) is 0. The molecule has 0 bridgehead atoms. The lowest BCUT2D eigenvalue weighted by atomic mass is 10.3. The number of nitrogens with zero attached hydrogens (tertiary/aromatic N) is 5. The minimum absolute atomic E-state index is 0.471. The highest BCUT2D eigenvalue weighted by molar-refractivity contribution is 5.37. The lowest BCUT2D eigenvalue weighted by Crippen LogP contribution is -2.04. The predicted octanol–water partition coefficient (Wildman–Crippen LogP) is 0.145. The molecular weight excluding hydrogens is 180 g/mol. The normalized spacial score (nSPS) is 10.7. The zero-order valence-corrected chi connectivity index (χ0v) is 8.18. The van der Waals surface area contributed by atoms with Crippen LogP contribution in [-0.4, -0.2) is 24.8 Å². The number of aryl methyl sites for hydroxylation is 1. The molecule has 2 heterocycles. The summed E-state index contributed by atoms with van der Waals surface area (Å²) in [7, 11) is 1.86. The third-order valence-electron chi connectivity index (χ3n) is 2.04. The standard InChI is InChI=1S/C8H12N6/c1-3-6-8(9)10-12-14(6)7-4-5-13(2)11-7/h4-5H,3,9H2,1-2H3. The summed E-state index contributed by atoms with van der Waals surface area (Å²) < 4.78 is 3.38. The number of aromatic nitrogens is 5. The smallest absolute Gasteiger partial charge is 0.177 e. The molecule has 0 aliphatic heterocycles. The molecule has 74 valence electrons. The Hall–Kier alpha value is -1.85. The highest BCUT2D eigenvalue weighted by Gasteiger charge is 2.10. The molecule has 2 rings (SSSR count). The van der Waals surface area contributed by atoms with Gasteiger partial charge in [0.15, 0.2) is 11.6 Å². The van der Waals surface area contributed by atoms with E-state index in [-0.39, 0.29) is 0 Å². The van der Waals surface area contributed by atoms with Gasteiger partial charge in [0, 0.05) is 19.3 Å². The Bertz CT molecular complexity index is 440. The average molecular weight is 192 g/mol. The van der Waals surface area contributed by atoms with E-state index >= 15 is 0 Å². The first-order valence-electron chi connectivity index (χ1n) is 4.42. The van der Waals surface area contributed by atoms with E-state index in [4.69, 9.17) is 5.73 Å². The largest absolute Gasteiger partial charge is 0.381 e. The SMILES string of the molecule is CCc1c(N)nnn1-c1ccn(C)n1. The first-order chi connectivity index (χ1) is 6.72. The fraction of sp³-hybridized carbons (Fsp3) is 0.375. The number of hydrogen-bond donors (Lipinski definition) is 1. The van der Waals surface area contributed by atoms with Gasteiger partial charge in [-0.25, -0.2) is 0 Å².